The van der Waals surface area contributed by atoms with E-state index in [0.717, 1.165) is 60.8 Å². The van der Waals surface area contributed by atoms with Gasteiger partial charge >= 0.3 is 0 Å². The Bertz CT molecular complexity index is 2570. The van der Waals surface area contributed by atoms with Crippen molar-refractivity contribution in [2.24, 2.45) is 5.41 Å². The van der Waals surface area contributed by atoms with Crippen LogP contribution in [0.3, 0.4) is 0 Å². The number of fused-ring (bicyclic) bond motifs is 4. The van der Waals surface area contributed by atoms with Crippen LogP contribution in [-0.4, -0.2) is 64.5 Å². The van der Waals surface area contributed by atoms with E-state index in [-0.39, 0.29) is 41.4 Å². The normalized spacial score (nSPS) is 24.1. The lowest BCUT2D eigenvalue weighted by Gasteiger charge is -2.50. The van der Waals surface area contributed by atoms with Crippen molar-refractivity contribution in [1.82, 2.24) is 20.9 Å². The van der Waals surface area contributed by atoms with Gasteiger partial charge in [0, 0.05) is 63.5 Å². The highest BCUT2D eigenvalue weighted by atomic mass is 35.5. The number of rotatable bonds is 11. The topological polar surface area (TPSA) is 166 Å². The minimum Gasteiger partial charge on any atom is -0.352 e. The van der Waals surface area contributed by atoms with Crippen molar-refractivity contribution in [3.63, 3.8) is 0 Å². The Labute approximate surface area is 382 Å². The van der Waals surface area contributed by atoms with Gasteiger partial charge in [0.25, 0.3) is 11.8 Å². The number of carbonyl (C=O) groups is 6. The summed E-state index contributed by atoms with van der Waals surface area (Å²) in [6.45, 7) is 5.32. The molecule has 14 heteroatoms. The lowest BCUT2D eigenvalue weighted by molar-refractivity contribution is -0.137. The first-order chi connectivity index (χ1) is 30.7. The number of hydrogen-bond donors (Lipinski definition) is 5. The molecule has 5 N–H and O–H groups in total. The van der Waals surface area contributed by atoms with Gasteiger partial charge in [0.1, 0.15) is 11.5 Å². The molecule has 4 aromatic rings. The molecule has 4 aromatic carbocycles. The average molecular weight is 904 g/mol. The van der Waals surface area contributed by atoms with Crippen LogP contribution in [0.25, 0.3) is 0 Å². The third-order valence-electron chi connectivity index (χ3n) is 14.4. The van der Waals surface area contributed by atoms with E-state index in [1.165, 1.54) is 0 Å². The number of carbonyl (C=O) groups excluding carboxylic acids is 6. The molecule has 3 fully saturated rings. The highest BCUT2D eigenvalue weighted by Crippen LogP contribution is 2.64. The summed E-state index contributed by atoms with van der Waals surface area (Å²) in [5, 5.41) is 16.5. The molecule has 1 aliphatic carbocycles. The van der Waals surface area contributed by atoms with Crippen molar-refractivity contribution in [2.75, 3.05) is 17.2 Å². The SMILES string of the molecule is CC1(C)CCC2(CC1)N[C@@H](C(=O)Nc1ccc(C(=O)NCCCCCc3cccc4c3CN(C3CCC(=O)NC3=O)C4=O)cc1)[C@H](c1cccc(Cl)c1)[C@]21C(=O)Nc2cc(Cl)ccc21. The van der Waals surface area contributed by atoms with Crippen LogP contribution in [0, 0.1) is 5.41 Å². The van der Waals surface area contributed by atoms with Gasteiger partial charge in [-0.1, -0.05) is 73.8 Å². The third-order valence-corrected chi connectivity index (χ3v) is 14.9. The molecular formula is C50H52Cl2N6O6. The maximum atomic E-state index is 14.8. The molecule has 64 heavy (non-hydrogen) atoms. The van der Waals surface area contributed by atoms with E-state index in [0.29, 0.717) is 64.9 Å². The lowest BCUT2D eigenvalue weighted by Crippen LogP contribution is -2.61. The number of nitrogens with zero attached hydrogens (tertiary/aromatic N) is 1. The molecule has 5 aliphatic rings. The predicted octanol–water partition coefficient (Wildman–Crippen LogP) is 7.82. The average Bonchev–Trinajstić information content (AvgIpc) is 3.87. The van der Waals surface area contributed by atoms with Gasteiger partial charge in [-0.3, -0.25) is 39.4 Å². The van der Waals surface area contributed by atoms with Crippen LogP contribution >= 0.6 is 23.2 Å². The van der Waals surface area contributed by atoms with Crippen LogP contribution in [0.15, 0.2) is 84.9 Å². The van der Waals surface area contributed by atoms with Crippen LogP contribution in [-0.2, 0) is 37.6 Å². The summed E-state index contributed by atoms with van der Waals surface area (Å²) in [4.78, 5) is 81.6. The van der Waals surface area contributed by atoms with Crippen molar-refractivity contribution < 1.29 is 28.8 Å². The molecule has 4 atom stereocenters. The standard InChI is InChI=1S/C50H52Cl2N6O6/c1-48(2)21-23-49(24-22-48)50(37-18-15-33(52)27-38(37)55-47(50)64)41(31-10-6-11-32(51)26-31)42(57-49)45(62)54-34-16-13-30(14-17-34)43(60)53-25-5-3-4-8-29-9-7-12-35-36(29)28-58(46(35)63)39-19-20-40(59)56-44(39)61/h6-7,9-18,26-27,39,41-42,57H,3-5,8,19-25,28H2,1-2H3,(H,53,60)(H,54,62)(H,55,64)(H,56,59,61)/t39?,41-,42+,50+/m0/s1. The fraction of sp³-hybridized carbons (Fsp3) is 0.400. The summed E-state index contributed by atoms with van der Waals surface area (Å²) in [6.07, 6.45) is 6.86. The second-order valence-electron chi connectivity index (χ2n) is 18.8. The van der Waals surface area contributed by atoms with Crippen LogP contribution in [0.1, 0.15) is 121 Å². The maximum absolute atomic E-state index is 14.8. The number of amides is 6. The summed E-state index contributed by atoms with van der Waals surface area (Å²) in [6, 6.07) is 24.0. The maximum Gasteiger partial charge on any atom is 0.255 e. The highest BCUT2D eigenvalue weighted by molar-refractivity contribution is 6.31. The molecule has 1 saturated carbocycles. The number of piperidine rings is 1. The quantitative estimate of drug-likeness (QED) is 0.0757. The van der Waals surface area contributed by atoms with E-state index in [9.17, 15) is 28.8 Å². The number of unbranched alkanes of at least 4 members (excludes halogenated alkanes) is 2. The molecule has 4 aliphatic heterocycles. The van der Waals surface area contributed by atoms with Gasteiger partial charge in [0.15, 0.2) is 0 Å². The minimum absolute atomic E-state index is 0.0744. The number of benzene rings is 4. The zero-order valence-corrected chi connectivity index (χ0v) is 37.5. The Morgan fingerprint density at radius 3 is 2.33 bits per heavy atom. The van der Waals surface area contributed by atoms with Crippen molar-refractivity contribution in [2.45, 2.75) is 114 Å². The number of anilines is 2. The molecule has 2 saturated heterocycles. The van der Waals surface area contributed by atoms with Gasteiger partial charge < -0.3 is 20.9 Å². The summed E-state index contributed by atoms with van der Waals surface area (Å²) in [7, 11) is 0. The van der Waals surface area contributed by atoms with Crippen LogP contribution in [0.5, 0.6) is 0 Å². The highest BCUT2D eigenvalue weighted by Gasteiger charge is 2.72. The van der Waals surface area contributed by atoms with Crippen LogP contribution < -0.4 is 26.6 Å². The van der Waals surface area contributed by atoms with E-state index < -0.39 is 34.9 Å². The Morgan fingerprint density at radius 1 is 0.828 bits per heavy atom. The first-order valence-electron chi connectivity index (χ1n) is 22.3. The Hall–Kier alpha value is -5.56. The van der Waals surface area contributed by atoms with Crippen molar-refractivity contribution in [3.05, 3.63) is 128 Å². The third kappa shape index (κ3) is 7.77. The Kier molecular flexibility index (Phi) is 11.7. The molecule has 4 heterocycles. The summed E-state index contributed by atoms with van der Waals surface area (Å²) < 4.78 is 0. The molecule has 6 amide bonds. The molecule has 332 valence electrons. The minimum atomic E-state index is -1.14. The number of halogens is 2. The fourth-order valence-electron chi connectivity index (χ4n) is 11.1. The zero-order valence-electron chi connectivity index (χ0n) is 36.0. The van der Waals surface area contributed by atoms with E-state index in [2.05, 4.69) is 40.4 Å². The second kappa shape index (κ2) is 17.1. The summed E-state index contributed by atoms with van der Waals surface area (Å²) in [5.41, 5.74) is 4.04. The van der Waals surface area contributed by atoms with Crippen molar-refractivity contribution in [3.8, 4) is 0 Å². The van der Waals surface area contributed by atoms with Crippen molar-refractivity contribution >= 4 is 70.0 Å². The molecule has 0 aromatic heterocycles. The number of aryl methyl sites for hydroxylation is 1. The van der Waals surface area contributed by atoms with Gasteiger partial charge in [-0.25, -0.2) is 0 Å². The molecule has 9 rings (SSSR count). The van der Waals surface area contributed by atoms with Gasteiger partial charge in [-0.05, 0) is 134 Å². The van der Waals surface area contributed by atoms with Crippen LogP contribution in [0.2, 0.25) is 10.0 Å². The molecular weight excluding hydrogens is 851 g/mol. The molecule has 1 unspecified atom stereocenters. The molecule has 12 nitrogen and oxygen atoms in total. The first-order valence-corrected chi connectivity index (χ1v) is 23.0. The Balaban J connectivity index is 0.838. The van der Waals surface area contributed by atoms with E-state index in [1.807, 2.05) is 42.5 Å². The van der Waals surface area contributed by atoms with Gasteiger partial charge in [-0.15, -0.1) is 0 Å². The molecule has 0 bridgehead atoms. The van der Waals surface area contributed by atoms with Gasteiger partial charge in [0.05, 0.1) is 6.04 Å². The largest absolute Gasteiger partial charge is 0.352 e. The van der Waals surface area contributed by atoms with Gasteiger partial charge in [-0.2, -0.15) is 0 Å². The lowest BCUT2D eigenvalue weighted by atomic mass is 9.53. The zero-order chi connectivity index (χ0) is 45.0. The Morgan fingerprint density at radius 2 is 1.58 bits per heavy atom. The number of nitrogens with one attached hydrogen (secondary N) is 5. The van der Waals surface area contributed by atoms with E-state index in [4.69, 9.17) is 23.2 Å². The van der Waals surface area contributed by atoms with Crippen LogP contribution in [0.4, 0.5) is 11.4 Å². The fourth-order valence-corrected chi connectivity index (χ4v) is 11.5. The molecule has 0 radical (unpaired) electrons. The summed E-state index contributed by atoms with van der Waals surface area (Å²) in [5.74, 6) is -2.21. The van der Waals surface area contributed by atoms with E-state index in [1.54, 1.807) is 47.4 Å². The number of imide groups is 1. The van der Waals surface area contributed by atoms with E-state index >= 15 is 0 Å². The van der Waals surface area contributed by atoms with Crippen molar-refractivity contribution in [1.29, 1.82) is 0 Å². The first kappa shape index (κ1) is 43.7. The molecule has 2 spiro atoms. The predicted molar refractivity (Wildman–Crippen MR) is 245 cm³/mol. The number of hydrogen-bond acceptors (Lipinski definition) is 7. The smallest absolute Gasteiger partial charge is 0.255 e. The second-order valence-corrected chi connectivity index (χ2v) is 19.7. The monoisotopic (exact) mass is 902 g/mol. The van der Waals surface area contributed by atoms with Gasteiger partial charge in [0.2, 0.25) is 23.6 Å². The summed E-state index contributed by atoms with van der Waals surface area (Å²) >= 11 is 13.1.